The molecular formula is C13H9ClF3N3S. The lowest BCUT2D eigenvalue weighted by Gasteiger charge is -2.14. The summed E-state index contributed by atoms with van der Waals surface area (Å²) in [5, 5.41) is 2.59. The highest BCUT2D eigenvalue weighted by molar-refractivity contribution is 7.80. The quantitative estimate of drug-likeness (QED) is 0.830. The van der Waals surface area contributed by atoms with Crippen molar-refractivity contribution in [2.75, 3.05) is 5.32 Å². The Morgan fingerprint density at radius 3 is 2.57 bits per heavy atom. The lowest BCUT2D eigenvalue weighted by Crippen LogP contribution is -2.13. The molecule has 1 aromatic carbocycles. The summed E-state index contributed by atoms with van der Waals surface area (Å²) in [6.07, 6.45) is -4.53. The molecule has 21 heavy (non-hydrogen) atoms. The zero-order chi connectivity index (χ0) is 15.6. The maximum atomic E-state index is 13.0. The fraction of sp³-hybridized carbons (Fsp3) is 0.0769. The minimum absolute atomic E-state index is 0.00211. The number of hydrogen-bond acceptors (Lipinski definition) is 3. The minimum atomic E-state index is -4.53. The maximum absolute atomic E-state index is 13.0. The van der Waals surface area contributed by atoms with E-state index in [0.717, 1.165) is 6.07 Å². The van der Waals surface area contributed by atoms with E-state index < -0.39 is 11.7 Å². The van der Waals surface area contributed by atoms with Gasteiger partial charge in [0.05, 0.1) is 16.9 Å². The van der Waals surface area contributed by atoms with Crippen molar-refractivity contribution in [3.05, 3.63) is 52.7 Å². The predicted octanol–water partition coefficient (Wildman–Crippen LogP) is 4.13. The van der Waals surface area contributed by atoms with Crippen LogP contribution in [0.25, 0.3) is 0 Å². The number of alkyl halides is 3. The number of rotatable bonds is 3. The fourth-order valence-corrected chi connectivity index (χ4v) is 1.93. The second kappa shape index (κ2) is 5.87. The van der Waals surface area contributed by atoms with Gasteiger partial charge in [-0.15, -0.1) is 0 Å². The van der Waals surface area contributed by atoms with Crippen LogP contribution in [-0.4, -0.2) is 9.97 Å². The second-order valence-corrected chi connectivity index (χ2v) is 4.96. The monoisotopic (exact) mass is 331 g/mol. The maximum Gasteiger partial charge on any atom is 0.418 e. The Bertz CT molecular complexity index is 689. The Labute approximate surface area is 128 Å². The van der Waals surface area contributed by atoms with Gasteiger partial charge in [-0.25, -0.2) is 4.98 Å². The molecule has 0 amide bonds. The highest BCUT2D eigenvalue weighted by Gasteiger charge is 2.33. The summed E-state index contributed by atoms with van der Waals surface area (Å²) in [4.78, 5) is 4.10. The van der Waals surface area contributed by atoms with Gasteiger partial charge in [0.25, 0.3) is 0 Å². The first kappa shape index (κ1) is 15.5. The van der Waals surface area contributed by atoms with E-state index in [1.165, 1.54) is 18.2 Å². The zero-order valence-electron chi connectivity index (χ0n) is 10.4. The third-order valence-electron chi connectivity index (χ3n) is 2.55. The van der Waals surface area contributed by atoms with Crippen LogP contribution >= 0.6 is 23.8 Å². The van der Waals surface area contributed by atoms with Gasteiger partial charge in [0.2, 0.25) is 0 Å². The number of anilines is 2. The first-order valence-corrected chi connectivity index (χ1v) is 6.46. The smallest absolute Gasteiger partial charge is 0.388 e. The first-order chi connectivity index (χ1) is 9.77. The number of halogens is 4. The molecule has 0 unspecified atom stereocenters. The SMILES string of the molecule is NC(=S)c1cccc(Nc2ccc(Cl)cc2C(F)(F)F)n1. The number of nitrogens with one attached hydrogen (secondary N) is 1. The van der Waals surface area contributed by atoms with Gasteiger partial charge in [-0.3, -0.25) is 0 Å². The van der Waals surface area contributed by atoms with Crippen molar-refractivity contribution in [3.8, 4) is 0 Å². The Kier molecular flexibility index (Phi) is 4.34. The minimum Gasteiger partial charge on any atom is -0.388 e. The van der Waals surface area contributed by atoms with Crippen molar-refractivity contribution < 1.29 is 13.2 Å². The summed E-state index contributed by atoms with van der Waals surface area (Å²) in [6.45, 7) is 0. The molecule has 8 heteroatoms. The standard InChI is InChI=1S/C13H9ClF3N3S/c14-7-4-5-9(8(6-7)13(15,16)17)19-11-3-1-2-10(20-11)12(18)21/h1-6H,(H2,18,21)(H,19,20). The van der Waals surface area contributed by atoms with E-state index in [1.54, 1.807) is 12.1 Å². The number of thiocarbonyl (C=S) groups is 1. The van der Waals surface area contributed by atoms with Gasteiger partial charge in [0.15, 0.2) is 0 Å². The number of benzene rings is 1. The van der Waals surface area contributed by atoms with Crippen molar-refractivity contribution in [2.45, 2.75) is 6.18 Å². The average molecular weight is 332 g/mol. The Balaban J connectivity index is 2.40. The summed E-state index contributed by atoms with van der Waals surface area (Å²) in [7, 11) is 0. The molecule has 0 radical (unpaired) electrons. The molecule has 110 valence electrons. The van der Waals surface area contributed by atoms with Crippen molar-refractivity contribution in [1.29, 1.82) is 0 Å². The van der Waals surface area contributed by atoms with E-state index in [9.17, 15) is 13.2 Å². The van der Waals surface area contributed by atoms with Crippen LogP contribution in [-0.2, 0) is 6.18 Å². The molecular weight excluding hydrogens is 323 g/mol. The Morgan fingerprint density at radius 1 is 1.24 bits per heavy atom. The lowest BCUT2D eigenvalue weighted by molar-refractivity contribution is -0.136. The van der Waals surface area contributed by atoms with Crippen molar-refractivity contribution in [2.24, 2.45) is 5.73 Å². The van der Waals surface area contributed by atoms with Crippen LogP contribution in [0.4, 0.5) is 24.7 Å². The van der Waals surface area contributed by atoms with Crippen molar-refractivity contribution in [3.63, 3.8) is 0 Å². The van der Waals surface area contributed by atoms with E-state index in [4.69, 9.17) is 29.6 Å². The summed E-state index contributed by atoms with van der Waals surface area (Å²) in [6, 6.07) is 8.11. The highest BCUT2D eigenvalue weighted by atomic mass is 35.5. The largest absolute Gasteiger partial charge is 0.418 e. The zero-order valence-corrected chi connectivity index (χ0v) is 12.0. The molecule has 2 rings (SSSR count). The fourth-order valence-electron chi connectivity index (χ4n) is 1.64. The van der Waals surface area contributed by atoms with Gasteiger partial charge < -0.3 is 11.1 Å². The summed E-state index contributed by atoms with van der Waals surface area (Å²) in [5.41, 5.74) is 4.73. The molecule has 0 spiro atoms. The van der Waals surface area contributed by atoms with Gasteiger partial charge in [-0.2, -0.15) is 13.2 Å². The van der Waals surface area contributed by atoms with Gasteiger partial charge in [-0.05, 0) is 30.3 Å². The van der Waals surface area contributed by atoms with E-state index in [2.05, 4.69) is 10.3 Å². The predicted molar refractivity (Wildman–Crippen MR) is 79.9 cm³/mol. The Morgan fingerprint density at radius 2 is 1.95 bits per heavy atom. The molecule has 3 nitrogen and oxygen atoms in total. The van der Waals surface area contributed by atoms with Gasteiger partial charge in [0, 0.05) is 5.02 Å². The van der Waals surface area contributed by atoms with Gasteiger partial charge >= 0.3 is 6.18 Å². The van der Waals surface area contributed by atoms with E-state index in [1.807, 2.05) is 0 Å². The highest BCUT2D eigenvalue weighted by Crippen LogP contribution is 2.37. The number of nitrogens with zero attached hydrogens (tertiary/aromatic N) is 1. The van der Waals surface area contributed by atoms with Crippen LogP contribution in [0.5, 0.6) is 0 Å². The van der Waals surface area contributed by atoms with Crippen molar-refractivity contribution in [1.82, 2.24) is 4.98 Å². The molecule has 0 aliphatic carbocycles. The van der Waals surface area contributed by atoms with E-state index >= 15 is 0 Å². The van der Waals surface area contributed by atoms with Crippen LogP contribution in [0.2, 0.25) is 5.02 Å². The summed E-state index contributed by atoms with van der Waals surface area (Å²) in [5.74, 6) is 0.202. The molecule has 0 aliphatic heterocycles. The third kappa shape index (κ3) is 3.83. The molecule has 2 aromatic rings. The third-order valence-corrected chi connectivity index (χ3v) is 3.00. The van der Waals surface area contributed by atoms with Gasteiger partial charge in [-0.1, -0.05) is 29.9 Å². The van der Waals surface area contributed by atoms with Gasteiger partial charge in [0.1, 0.15) is 10.8 Å². The number of hydrogen-bond donors (Lipinski definition) is 2. The normalized spacial score (nSPS) is 11.2. The average Bonchev–Trinajstić information content (AvgIpc) is 2.40. The van der Waals surface area contributed by atoms with Crippen molar-refractivity contribution >= 4 is 40.3 Å². The van der Waals surface area contributed by atoms with E-state index in [-0.39, 0.29) is 21.5 Å². The van der Waals surface area contributed by atoms with Crippen LogP contribution in [0, 0.1) is 0 Å². The molecule has 0 aliphatic rings. The van der Waals surface area contributed by atoms with E-state index in [0.29, 0.717) is 5.69 Å². The number of aromatic nitrogens is 1. The molecule has 0 saturated carbocycles. The van der Waals surface area contributed by atoms with Crippen LogP contribution in [0.3, 0.4) is 0 Å². The molecule has 0 atom stereocenters. The molecule has 1 aromatic heterocycles. The van der Waals surface area contributed by atoms with Crippen LogP contribution in [0.1, 0.15) is 11.3 Å². The second-order valence-electron chi connectivity index (χ2n) is 4.08. The first-order valence-electron chi connectivity index (χ1n) is 5.68. The van der Waals surface area contributed by atoms with Crippen LogP contribution in [0.15, 0.2) is 36.4 Å². The molecule has 0 saturated heterocycles. The molecule has 0 fully saturated rings. The molecule has 0 bridgehead atoms. The number of pyridine rings is 1. The number of nitrogens with two attached hydrogens (primary N) is 1. The summed E-state index contributed by atoms with van der Waals surface area (Å²) >= 11 is 10.4. The molecule has 1 heterocycles. The Hall–Kier alpha value is -1.86. The lowest BCUT2D eigenvalue weighted by atomic mass is 10.1. The summed E-state index contributed by atoms with van der Waals surface area (Å²) < 4.78 is 38.9. The molecule has 3 N–H and O–H groups in total. The topological polar surface area (TPSA) is 50.9 Å². The van der Waals surface area contributed by atoms with Crippen LogP contribution < -0.4 is 11.1 Å².